The topological polar surface area (TPSA) is 57.4 Å². The van der Waals surface area contributed by atoms with Gasteiger partial charge in [0.15, 0.2) is 0 Å². The van der Waals surface area contributed by atoms with Gasteiger partial charge in [0.05, 0.1) is 31.6 Å². The van der Waals surface area contributed by atoms with E-state index in [4.69, 9.17) is 15.2 Å². The molecule has 0 atom stereocenters. The molecule has 0 aliphatic heterocycles. The van der Waals surface area contributed by atoms with E-state index >= 15 is 0 Å². The van der Waals surface area contributed by atoms with Crippen LogP contribution in [-0.4, -0.2) is 24.3 Å². The van der Waals surface area contributed by atoms with Crippen LogP contribution in [0.15, 0.2) is 18.3 Å². The molecule has 0 radical (unpaired) electrons. The first-order valence-electron chi connectivity index (χ1n) is 5.08. The highest BCUT2D eigenvalue weighted by Crippen LogP contribution is 2.03. The van der Waals surface area contributed by atoms with Crippen molar-refractivity contribution < 1.29 is 9.47 Å². The summed E-state index contributed by atoms with van der Waals surface area (Å²) in [4.78, 5) is 4.13. The Balaban J connectivity index is 2.15. The molecule has 0 saturated heterocycles. The van der Waals surface area contributed by atoms with Crippen LogP contribution < -0.4 is 5.73 Å². The van der Waals surface area contributed by atoms with Crippen molar-refractivity contribution in [3.63, 3.8) is 0 Å². The molecule has 0 unspecified atom stereocenters. The summed E-state index contributed by atoms with van der Waals surface area (Å²) in [5.74, 6) is 0. The Bertz CT molecular complexity index is 290. The van der Waals surface area contributed by atoms with Crippen molar-refractivity contribution in [3.8, 4) is 0 Å². The van der Waals surface area contributed by atoms with Crippen LogP contribution in [0.2, 0.25) is 0 Å². The van der Waals surface area contributed by atoms with E-state index in [0.717, 1.165) is 5.69 Å². The molecule has 0 bridgehead atoms. The normalized spacial score (nSPS) is 10.9. The predicted octanol–water partition coefficient (Wildman–Crippen LogP) is 1.61. The van der Waals surface area contributed by atoms with Crippen molar-refractivity contribution in [1.29, 1.82) is 0 Å². The first-order chi connectivity index (χ1) is 7.18. The van der Waals surface area contributed by atoms with Crippen molar-refractivity contribution in [2.75, 3.05) is 18.9 Å². The quantitative estimate of drug-likeness (QED) is 0.725. The molecular formula is C11H18N2O2. The number of aromatic nitrogens is 1. The molecule has 1 aromatic rings. The fourth-order valence-corrected chi connectivity index (χ4v) is 1.10. The van der Waals surface area contributed by atoms with Crippen molar-refractivity contribution in [2.45, 2.75) is 26.6 Å². The van der Waals surface area contributed by atoms with Gasteiger partial charge in [-0.3, -0.25) is 4.98 Å². The van der Waals surface area contributed by atoms with E-state index in [-0.39, 0.29) is 6.10 Å². The molecule has 0 spiro atoms. The Kier molecular flexibility index (Phi) is 5.07. The average Bonchev–Trinajstić information content (AvgIpc) is 2.17. The number of nitrogen functional groups attached to an aromatic ring is 1. The SMILES string of the molecule is CC(C)OCCOCc1cc(N)ccn1. The zero-order valence-corrected chi connectivity index (χ0v) is 9.27. The highest BCUT2D eigenvalue weighted by atomic mass is 16.5. The summed E-state index contributed by atoms with van der Waals surface area (Å²) in [7, 11) is 0. The van der Waals surface area contributed by atoms with Gasteiger partial charge in [0.25, 0.3) is 0 Å². The van der Waals surface area contributed by atoms with Gasteiger partial charge in [-0.2, -0.15) is 0 Å². The lowest BCUT2D eigenvalue weighted by Gasteiger charge is -2.07. The van der Waals surface area contributed by atoms with Crippen molar-refractivity contribution in [1.82, 2.24) is 4.98 Å². The van der Waals surface area contributed by atoms with Gasteiger partial charge in [-0.25, -0.2) is 0 Å². The third kappa shape index (κ3) is 5.34. The number of rotatable bonds is 6. The second-order valence-electron chi connectivity index (χ2n) is 3.55. The van der Waals surface area contributed by atoms with Crippen LogP contribution in [0.3, 0.4) is 0 Å². The zero-order chi connectivity index (χ0) is 11.1. The minimum Gasteiger partial charge on any atom is -0.399 e. The maximum absolute atomic E-state index is 5.61. The molecule has 84 valence electrons. The molecular weight excluding hydrogens is 192 g/mol. The molecule has 0 saturated carbocycles. The van der Waals surface area contributed by atoms with E-state index in [1.807, 2.05) is 19.9 Å². The molecule has 2 N–H and O–H groups in total. The van der Waals surface area contributed by atoms with Crippen LogP contribution in [0.25, 0.3) is 0 Å². The summed E-state index contributed by atoms with van der Waals surface area (Å²) < 4.78 is 10.7. The summed E-state index contributed by atoms with van der Waals surface area (Å²) in [6, 6.07) is 3.56. The van der Waals surface area contributed by atoms with Gasteiger partial charge in [0.1, 0.15) is 0 Å². The van der Waals surface area contributed by atoms with Crippen molar-refractivity contribution in [3.05, 3.63) is 24.0 Å². The largest absolute Gasteiger partial charge is 0.399 e. The number of pyridine rings is 1. The van der Waals surface area contributed by atoms with Crippen LogP contribution in [0.1, 0.15) is 19.5 Å². The fraction of sp³-hybridized carbons (Fsp3) is 0.545. The van der Waals surface area contributed by atoms with E-state index < -0.39 is 0 Å². The van der Waals surface area contributed by atoms with E-state index in [1.165, 1.54) is 0 Å². The number of ether oxygens (including phenoxy) is 2. The lowest BCUT2D eigenvalue weighted by molar-refractivity contribution is 0.0135. The maximum atomic E-state index is 5.61. The molecule has 4 nitrogen and oxygen atoms in total. The monoisotopic (exact) mass is 210 g/mol. The maximum Gasteiger partial charge on any atom is 0.0889 e. The van der Waals surface area contributed by atoms with Gasteiger partial charge in [-0.05, 0) is 26.0 Å². The Labute approximate surface area is 90.4 Å². The highest BCUT2D eigenvalue weighted by Gasteiger charge is 1.96. The molecule has 1 rings (SSSR count). The van der Waals surface area contributed by atoms with Gasteiger partial charge in [-0.1, -0.05) is 0 Å². The Morgan fingerprint density at radius 1 is 1.40 bits per heavy atom. The number of hydrogen-bond acceptors (Lipinski definition) is 4. The van der Waals surface area contributed by atoms with E-state index in [1.54, 1.807) is 12.3 Å². The van der Waals surface area contributed by atoms with Crippen LogP contribution in [0.5, 0.6) is 0 Å². The third-order valence-corrected chi connectivity index (χ3v) is 1.77. The second-order valence-corrected chi connectivity index (χ2v) is 3.55. The first kappa shape index (κ1) is 11.9. The number of anilines is 1. The highest BCUT2D eigenvalue weighted by molar-refractivity contribution is 5.36. The summed E-state index contributed by atoms with van der Waals surface area (Å²) in [5, 5.41) is 0. The van der Waals surface area contributed by atoms with Crippen LogP contribution in [0.4, 0.5) is 5.69 Å². The summed E-state index contributed by atoms with van der Waals surface area (Å²) in [5.41, 5.74) is 7.17. The number of nitrogens with two attached hydrogens (primary N) is 1. The summed E-state index contributed by atoms with van der Waals surface area (Å²) >= 11 is 0. The van der Waals surface area contributed by atoms with Crippen LogP contribution in [0, 0.1) is 0 Å². The molecule has 0 aliphatic carbocycles. The Morgan fingerprint density at radius 2 is 2.20 bits per heavy atom. The zero-order valence-electron chi connectivity index (χ0n) is 9.27. The van der Waals surface area contributed by atoms with Gasteiger partial charge in [0.2, 0.25) is 0 Å². The Hall–Kier alpha value is -1.13. The molecule has 0 amide bonds. The molecule has 15 heavy (non-hydrogen) atoms. The molecule has 0 aliphatic rings. The predicted molar refractivity (Wildman–Crippen MR) is 59.4 cm³/mol. The number of hydrogen-bond donors (Lipinski definition) is 1. The van der Waals surface area contributed by atoms with Gasteiger partial charge in [0, 0.05) is 11.9 Å². The van der Waals surface area contributed by atoms with E-state index in [2.05, 4.69) is 4.98 Å². The lowest BCUT2D eigenvalue weighted by atomic mass is 10.3. The minimum absolute atomic E-state index is 0.249. The molecule has 1 heterocycles. The Morgan fingerprint density at radius 3 is 2.87 bits per heavy atom. The van der Waals surface area contributed by atoms with Crippen molar-refractivity contribution >= 4 is 5.69 Å². The molecule has 1 aromatic heterocycles. The van der Waals surface area contributed by atoms with E-state index in [9.17, 15) is 0 Å². The van der Waals surface area contributed by atoms with Crippen molar-refractivity contribution in [2.24, 2.45) is 0 Å². The molecule has 0 aromatic carbocycles. The van der Waals surface area contributed by atoms with Crippen LogP contribution in [-0.2, 0) is 16.1 Å². The molecule has 4 heteroatoms. The summed E-state index contributed by atoms with van der Waals surface area (Å²) in [6.07, 6.45) is 1.93. The van der Waals surface area contributed by atoms with E-state index in [0.29, 0.717) is 25.5 Å². The third-order valence-electron chi connectivity index (χ3n) is 1.77. The first-order valence-corrected chi connectivity index (χ1v) is 5.08. The number of nitrogens with zero attached hydrogens (tertiary/aromatic N) is 1. The minimum atomic E-state index is 0.249. The summed E-state index contributed by atoms with van der Waals surface area (Å²) in [6.45, 7) is 5.67. The average molecular weight is 210 g/mol. The second kappa shape index (κ2) is 6.37. The van der Waals surface area contributed by atoms with Gasteiger partial charge < -0.3 is 15.2 Å². The van der Waals surface area contributed by atoms with Crippen LogP contribution >= 0.6 is 0 Å². The molecule has 0 fully saturated rings. The van der Waals surface area contributed by atoms with Gasteiger partial charge >= 0.3 is 0 Å². The lowest BCUT2D eigenvalue weighted by Crippen LogP contribution is -2.09. The fourth-order valence-electron chi connectivity index (χ4n) is 1.10. The standard InChI is InChI=1S/C11H18N2O2/c1-9(2)15-6-5-14-8-11-7-10(12)3-4-13-11/h3-4,7,9H,5-6,8H2,1-2H3,(H2,12,13). The smallest absolute Gasteiger partial charge is 0.0889 e. The van der Waals surface area contributed by atoms with Gasteiger partial charge in [-0.15, -0.1) is 0 Å².